The second-order valence-corrected chi connectivity index (χ2v) is 8.37. The Morgan fingerprint density at radius 3 is 2.54 bits per heavy atom. The first-order valence-electron chi connectivity index (χ1n) is 8.02. The lowest BCUT2D eigenvalue weighted by atomic mass is 10.2. The van der Waals surface area contributed by atoms with Crippen molar-refractivity contribution in [1.29, 1.82) is 0 Å². The summed E-state index contributed by atoms with van der Waals surface area (Å²) in [5, 5.41) is 2.91. The SMILES string of the molecule is CSc1cccc(NC(=O)CN2C(=O)S/C(=C/c3c(Cl)cccc3Cl)C2=O)c1. The van der Waals surface area contributed by atoms with Crippen molar-refractivity contribution in [3.05, 3.63) is 63.0 Å². The zero-order valence-corrected chi connectivity index (χ0v) is 17.7. The normalized spacial score (nSPS) is 15.4. The van der Waals surface area contributed by atoms with Crippen LogP contribution < -0.4 is 5.32 Å². The third-order valence-corrected chi connectivity index (χ3v) is 6.10. The number of nitrogens with zero attached hydrogens (tertiary/aromatic N) is 1. The van der Waals surface area contributed by atoms with E-state index in [1.807, 2.05) is 24.5 Å². The molecule has 3 amide bonds. The van der Waals surface area contributed by atoms with Gasteiger partial charge in [0.05, 0.1) is 4.91 Å². The molecule has 1 heterocycles. The van der Waals surface area contributed by atoms with E-state index in [9.17, 15) is 14.4 Å². The predicted octanol–water partition coefficient (Wildman–Crippen LogP) is 5.39. The number of thioether (sulfide) groups is 2. The quantitative estimate of drug-likeness (QED) is 0.486. The fraction of sp³-hybridized carbons (Fsp3) is 0.105. The number of carbonyl (C=O) groups excluding carboxylic acids is 3. The summed E-state index contributed by atoms with van der Waals surface area (Å²) in [6.45, 7) is -0.373. The molecule has 5 nitrogen and oxygen atoms in total. The molecule has 1 fully saturated rings. The predicted molar refractivity (Wildman–Crippen MR) is 116 cm³/mol. The van der Waals surface area contributed by atoms with Gasteiger partial charge in [0.15, 0.2) is 0 Å². The zero-order valence-electron chi connectivity index (χ0n) is 14.6. The maximum Gasteiger partial charge on any atom is 0.294 e. The summed E-state index contributed by atoms with van der Waals surface area (Å²) in [6, 6.07) is 12.3. The van der Waals surface area contributed by atoms with E-state index in [-0.39, 0.29) is 11.4 Å². The molecule has 2 aromatic carbocycles. The molecule has 0 spiro atoms. The van der Waals surface area contributed by atoms with Crippen molar-refractivity contribution in [3.8, 4) is 0 Å². The third-order valence-electron chi connectivity index (χ3n) is 3.80. The Hall–Kier alpha value is -1.93. The molecule has 0 radical (unpaired) electrons. The molecule has 28 heavy (non-hydrogen) atoms. The van der Waals surface area contributed by atoms with Crippen molar-refractivity contribution < 1.29 is 14.4 Å². The number of anilines is 1. The van der Waals surface area contributed by atoms with Crippen LogP contribution >= 0.6 is 46.7 Å². The smallest absolute Gasteiger partial charge is 0.294 e. The Kier molecular flexibility index (Phi) is 6.72. The minimum absolute atomic E-state index is 0.164. The van der Waals surface area contributed by atoms with Gasteiger partial charge in [-0.25, -0.2) is 0 Å². The summed E-state index contributed by atoms with van der Waals surface area (Å²) < 4.78 is 0. The van der Waals surface area contributed by atoms with Crippen LogP contribution in [0.1, 0.15) is 5.56 Å². The van der Waals surface area contributed by atoms with E-state index in [1.54, 1.807) is 36.0 Å². The van der Waals surface area contributed by atoms with Crippen LogP contribution in [0.3, 0.4) is 0 Å². The van der Waals surface area contributed by atoms with Crippen LogP contribution in [0.4, 0.5) is 10.5 Å². The molecule has 0 bridgehead atoms. The van der Waals surface area contributed by atoms with E-state index in [0.29, 0.717) is 21.3 Å². The molecule has 0 atom stereocenters. The molecular formula is C19H14Cl2N2O3S2. The van der Waals surface area contributed by atoms with Gasteiger partial charge in [-0.2, -0.15) is 0 Å². The number of rotatable bonds is 5. The number of benzene rings is 2. The molecule has 9 heteroatoms. The van der Waals surface area contributed by atoms with E-state index in [0.717, 1.165) is 21.6 Å². The highest BCUT2D eigenvalue weighted by Crippen LogP contribution is 2.35. The van der Waals surface area contributed by atoms with Gasteiger partial charge in [0.2, 0.25) is 5.91 Å². The van der Waals surface area contributed by atoms with E-state index in [4.69, 9.17) is 23.2 Å². The standard InChI is InChI=1S/C19H14Cl2N2O3S2/c1-27-12-5-2-4-11(8-12)22-17(24)10-23-18(25)16(28-19(23)26)9-13-14(20)6-3-7-15(13)21/h2-9H,10H2,1H3,(H,22,24)/b16-9+. The van der Waals surface area contributed by atoms with Crippen LogP contribution in [0.2, 0.25) is 10.0 Å². The first kappa shape index (κ1) is 20.8. The Morgan fingerprint density at radius 2 is 1.86 bits per heavy atom. The molecule has 0 unspecified atom stereocenters. The Morgan fingerprint density at radius 1 is 1.18 bits per heavy atom. The van der Waals surface area contributed by atoms with Gasteiger partial charge in [-0.3, -0.25) is 19.3 Å². The van der Waals surface area contributed by atoms with Crippen molar-refractivity contribution >= 4 is 75.5 Å². The Labute approximate surface area is 180 Å². The number of hydrogen-bond donors (Lipinski definition) is 1. The van der Waals surface area contributed by atoms with Crippen molar-refractivity contribution in [2.45, 2.75) is 4.90 Å². The summed E-state index contributed by atoms with van der Waals surface area (Å²) in [5.74, 6) is -1.02. The van der Waals surface area contributed by atoms with Gasteiger partial charge >= 0.3 is 0 Å². The minimum Gasteiger partial charge on any atom is -0.324 e. The fourth-order valence-corrected chi connectivity index (χ4v) is 4.25. The second kappa shape index (κ2) is 9.05. The Bertz CT molecular complexity index is 975. The highest BCUT2D eigenvalue weighted by Gasteiger charge is 2.36. The fourth-order valence-electron chi connectivity index (χ4n) is 2.46. The van der Waals surface area contributed by atoms with Crippen LogP contribution in [0, 0.1) is 0 Å². The van der Waals surface area contributed by atoms with Gasteiger partial charge in [0, 0.05) is 26.2 Å². The number of imide groups is 1. The summed E-state index contributed by atoms with van der Waals surface area (Å²) in [4.78, 5) is 39.1. The van der Waals surface area contributed by atoms with Crippen molar-refractivity contribution in [1.82, 2.24) is 4.90 Å². The molecule has 1 saturated heterocycles. The average molecular weight is 453 g/mol. The van der Waals surface area contributed by atoms with Gasteiger partial charge in [-0.1, -0.05) is 35.3 Å². The number of hydrogen-bond acceptors (Lipinski definition) is 5. The minimum atomic E-state index is -0.556. The van der Waals surface area contributed by atoms with Gasteiger partial charge in [0.25, 0.3) is 11.1 Å². The van der Waals surface area contributed by atoms with Crippen LogP contribution in [-0.4, -0.2) is 34.8 Å². The lowest BCUT2D eigenvalue weighted by Gasteiger charge is -2.12. The van der Waals surface area contributed by atoms with Gasteiger partial charge in [0.1, 0.15) is 6.54 Å². The molecule has 0 aromatic heterocycles. The highest BCUT2D eigenvalue weighted by atomic mass is 35.5. The zero-order chi connectivity index (χ0) is 20.3. The van der Waals surface area contributed by atoms with Gasteiger partial charge < -0.3 is 5.32 Å². The molecule has 0 aliphatic carbocycles. The first-order valence-corrected chi connectivity index (χ1v) is 10.8. The molecule has 1 aliphatic heterocycles. The molecule has 3 rings (SSSR count). The molecule has 1 N–H and O–H groups in total. The van der Waals surface area contributed by atoms with Crippen LogP contribution in [0.15, 0.2) is 52.3 Å². The number of halogens is 2. The molecule has 0 saturated carbocycles. The van der Waals surface area contributed by atoms with Gasteiger partial charge in [-0.05, 0) is 54.4 Å². The molecular weight excluding hydrogens is 439 g/mol. The second-order valence-electron chi connectivity index (χ2n) is 5.68. The van der Waals surface area contributed by atoms with E-state index < -0.39 is 17.1 Å². The lowest BCUT2D eigenvalue weighted by molar-refractivity contribution is -0.127. The average Bonchev–Trinajstić information content (AvgIpc) is 2.92. The van der Waals surface area contributed by atoms with E-state index in [1.165, 1.54) is 6.08 Å². The summed E-state index contributed by atoms with van der Waals surface area (Å²) in [6.07, 6.45) is 3.40. The molecule has 2 aromatic rings. The topological polar surface area (TPSA) is 66.5 Å². The largest absolute Gasteiger partial charge is 0.324 e. The van der Waals surface area contributed by atoms with Crippen molar-refractivity contribution in [3.63, 3.8) is 0 Å². The van der Waals surface area contributed by atoms with Crippen LogP contribution in [0.25, 0.3) is 6.08 Å². The van der Waals surface area contributed by atoms with E-state index >= 15 is 0 Å². The first-order chi connectivity index (χ1) is 13.4. The maximum atomic E-state index is 12.6. The van der Waals surface area contributed by atoms with Crippen molar-refractivity contribution in [2.24, 2.45) is 0 Å². The maximum absolute atomic E-state index is 12.6. The molecule has 1 aliphatic rings. The van der Waals surface area contributed by atoms with E-state index in [2.05, 4.69) is 5.32 Å². The summed E-state index contributed by atoms with van der Waals surface area (Å²) >= 11 is 14.5. The monoisotopic (exact) mass is 452 g/mol. The summed E-state index contributed by atoms with van der Waals surface area (Å²) in [7, 11) is 0. The number of amides is 3. The van der Waals surface area contributed by atoms with Crippen LogP contribution in [-0.2, 0) is 9.59 Å². The third kappa shape index (κ3) is 4.72. The van der Waals surface area contributed by atoms with Crippen LogP contribution in [0.5, 0.6) is 0 Å². The summed E-state index contributed by atoms with van der Waals surface area (Å²) in [5.41, 5.74) is 1.05. The van der Waals surface area contributed by atoms with Crippen molar-refractivity contribution in [2.75, 3.05) is 18.1 Å². The Balaban J connectivity index is 1.73. The number of nitrogens with one attached hydrogen (secondary N) is 1. The lowest BCUT2D eigenvalue weighted by Crippen LogP contribution is -2.36. The number of carbonyl (C=O) groups is 3. The molecule has 144 valence electrons. The van der Waals surface area contributed by atoms with Gasteiger partial charge in [-0.15, -0.1) is 11.8 Å². The highest BCUT2D eigenvalue weighted by molar-refractivity contribution is 8.18.